The van der Waals surface area contributed by atoms with E-state index < -0.39 is 53.6 Å². The van der Waals surface area contributed by atoms with Gasteiger partial charge in [0.05, 0.1) is 0 Å². The van der Waals surface area contributed by atoms with Crippen LogP contribution in [-0.2, 0) is 14.3 Å². The molecule has 0 amide bonds. The quantitative estimate of drug-likeness (QED) is 0.371. The Morgan fingerprint density at radius 3 is 1.52 bits per heavy atom. The molecule has 3 nitrogen and oxygen atoms in total. The van der Waals surface area contributed by atoms with Gasteiger partial charge >= 0.3 is 36.2 Å². The first kappa shape index (κ1) is 24.3. The number of hydrogen-bond acceptors (Lipinski definition) is 3. The highest BCUT2D eigenvalue weighted by molar-refractivity contribution is 5.79. The van der Waals surface area contributed by atoms with Crippen molar-refractivity contribution in [3.8, 4) is 0 Å². The molecule has 0 spiro atoms. The van der Waals surface area contributed by atoms with E-state index in [9.17, 15) is 53.1 Å². The Kier molecular flexibility index (Phi) is 5.36. The van der Waals surface area contributed by atoms with Crippen LogP contribution in [0.3, 0.4) is 0 Å². The van der Waals surface area contributed by atoms with Crippen molar-refractivity contribution in [3.63, 3.8) is 0 Å². The van der Waals surface area contributed by atoms with E-state index in [1.54, 1.807) is 0 Å². The average molecular weight is 478 g/mol. The maximum Gasteiger partial charge on any atom is 0.462 e. The fourth-order valence-corrected chi connectivity index (χ4v) is 5.17. The molecule has 0 saturated heterocycles. The number of carbonyl (C=O) groups is 1. The van der Waals surface area contributed by atoms with E-state index in [1.165, 1.54) is 6.92 Å². The zero-order chi connectivity index (χ0) is 23.8. The van der Waals surface area contributed by atoms with Crippen LogP contribution in [0.4, 0.5) is 48.3 Å². The minimum Gasteiger partial charge on any atom is -0.454 e. The van der Waals surface area contributed by atoms with E-state index in [0.29, 0.717) is 25.7 Å². The maximum atomic E-state index is 14.5. The second kappa shape index (κ2) is 6.83. The molecule has 4 aliphatic carbocycles. The predicted octanol–water partition coefficient (Wildman–Crippen LogP) is 5.78. The minimum atomic E-state index is -7.23. The first-order valence-corrected chi connectivity index (χ1v) is 9.26. The number of carbonyl (C=O) groups excluding carboxylic acids is 1. The van der Waals surface area contributed by atoms with Crippen LogP contribution in [0.5, 0.6) is 0 Å². The molecule has 0 radical (unpaired) electrons. The van der Waals surface area contributed by atoms with E-state index in [0.717, 1.165) is 6.42 Å². The summed E-state index contributed by atoms with van der Waals surface area (Å²) in [7, 11) is 0. The zero-order valence-corrected chi connectivity index (χ0v) is 15.7. The summed E-state index contributed by atoms with van der Waals surface area (Å²) in [6.07, 6.45) is -18.4. The Morgan fingerprint density at radius 2 is 1.16 bits per heavy atom. The molecule has 0 heterocycles. The van der Waals surface area contributed by atoms with Gasteiger partial charge in [0.1, 0.15) is 5.60 Å². The molecule has 31 heavy (non-hydrogen) atoms. The van der Waals surface area contributed by atoms with Crippen molar-refractivity contribution in [1.82, 2.24) is 0 Å². The van der Waals surface area contributed by atoms with E-state index in [-0.39, 0.29) is 11.8 Å². The highest BCUT2D eigenvalue weighted by Gasteiger charge is 2.80. The zero-order valence-electron chi connectivity index (χ0n) is 15.7. The summed E-state index contributed by atoms with van der Waals surface area (Å²) in [4.78, 5) is 12.1. The summed E-state index contributed by atoms with van der Waals surface area (Å²) >= 11 is 0. The smallest absolute Gasteiger partial charge is 0.454 e. The van der Waals surface area contributed by atoms with Gasteiger partial charge in [-0.3, -0.25) is 4.74 Å². The lowest BCUT2D eigenvalue weighted by atomic mass is 9.50. The van der Waals surface area contributed by atoms with Crippen molar-refractivity contribution in [2.75, 3.05) is 0 Å². The molecule has 180 valence electrons. The number of esters is 1. The third kappa shape index (κ3) is 3.65. The van der Waals surface area contributed by atoms with Crippen LogP contribution in [0.15, 0.2) is 0 Å². The van der Waals surface area contributed by atoms with Gasteiger partial charge in [-0.1, -0.05) is 0 Å². The number of hydrogen-bond donors (Lipinski definition) is 0. The largest absolute Gasteiger partial charge is 0.462 e. The summed E-state index contributed by atoms with van der Waals surface area (Å²) in [6.45, 7) is 1.18. The van der Waals surface area contributed by atoms with E-state index in [1.807, 2.05) is 0 Å². The third-order valence-electron chi connectivity index (χ3n) is 6.69. The fourth-order valence-electron chi connectivity index (χ4n) is 5.17. The number of ether oxygens (including phenoxy) is 2. The first-order valence-electron chi connectivity index (χ1n) is 9.26. The van der Waals surface area contributed by atoms with Crippen LogP contribution in [0.25, 0.3) is 0 Å². The van der Waals surface area contributed by atoms with Gasteiger partial charge in [0.15, 0.2) is 0 Å². The normalized spacial score (nSPS) is 35.7. The van der Waals surface area contributed by atoms with Gasteiger partial charge in [-0.15, -0.1) is 0 Å². The molecule has 4 aliphatic rings. The Balaban J connectivity index is 1.89. The second-order valence-electron chi connectivity index (χ2n) is 8.66. The number of halogens is 11. The van der Waals surface area contributed by atoms with Crippen LogP contribution in [0, 0.1) is 23.7 Å². The molecular formula is C17H17F11O3. The van der Waals surface area contributed by atoms with Crippen LogP contribution in [0.2, 0.25) is 0 Å². The van der Waals surface area contributed by atoms with Gasteiger partial charge < -0.3 is 4.74 Å². The van der Waals surface area contributed by atoms with Gasteiger partial charge in [0.2, 0.25) is 0 Å². The topological polar surface area (TPSA) is 35.5 Å². The van der Waals surface area contributed by atoms with E-state index in [2.05, 4.69) is 9.47 Å². The Bertz CT molecular complexity index is 702. The summed E-state index contributed by atoms with van der Waals surface area (Å²) in [6, 6.07) is 0. The van der Waals surface area contributed by atoms with Crippen LogP contribution >= 0.6 is 0 Å². The van der Waals surface area contributed by atoms with E-state index >= 15 is 0 Å². The van der Waals surface area contributed by atoms with Gasteiger partial charge in [-0.05, 0) is 62.7 Å². The molecule has 0 aromatic heterocycles. The van der Waals surface area contributed by atoms with Crippen molar-refractivity contribution in [1.29, 1.82) is 0 Å². The van der Waals surface area contributed by atoms with Crippen molar-refractivity contribution >= 4 is 5.97 Å². The molecule has 4 rings (SSSR count). The molecule has 0 aromatic carbocycles. The standard InChI is InChI=1S/C17H17F11O3/c1-12(9-3-7-2-8(5-9)6-10(12)4-7)30-11(29)13(18,15(21,22)23)31-17(27,28)14(19,20)16(24,25)26/h7-10H,2-6H2,1H3. The van der Waals surface area contributed by atoms with Crippen molar-refractivity contribution in [2.45, 2.75) is 74.9 Å². The second-order valence-corrected chi connectivity index (χ2v) is 8.66. The van der Waals surface area contributed by atoms with Crippen molar-refractivity contribution in [2.24, 2.45) is 23.7 Å². The van der Waals surface area contributed by atoms with Gasteiger partial charge in [0.25, 0.3) is 0 Å². The summed E-state index contributed by atoms with van der Waals surface area (Å²) in [5.74, 6) is -17.3. The molecule has 1 unspecified atom stereocenters. The third-order valence-corrected chi connectivity index (χ3v) is 6.69. The SMILES string of the molecule is CC1(OC(=O)C(F)(OC(F)(F)C(F)(F)C(F)(F)F)C(F)(F)F)C2CC3CC(C2)CC1C3. The summed E-state index contributed by atoms with van der Waals surface area (Å²) in [5.41, 5.74) is -1.74. The lowest BCUT2D eigenvalue weighted by Gasteiger charge is -2.59. The molecule has 4 fully saturated rings. The Morgan fingerprint density at radius 1 is 0.742 bits per heavy atom. The van der Waals surface area contributed by atoms with E-state index in [4.69, 9.17) is 0 Å². The van der Waals surface area contributed by atoms with Crippen molar-refractivity contribution in [3.05, 3.63) is 0 Å². The molecule has 0 aromatic rings. The molecule has 0 N–H and O–H groups in total. The molecule has 4 bridgehead atoms. The molecule has 0 aliphatic heterocycles. The highest BCUT2D eigenvalue weighted by atomic mass is 19.4. The molecular weight excluding hydrogens is 461 g/mol. The Hall–Kier alpha value is -1.34. The fraction of sp³-hybridized carbons (Fsp3) is 0.941. The van der Waals surface area contributed by atoms with Gasteiger partial charge in [0, 0.05) is 0 Å². The summed E-state index contributed by atoms with van der Waals surface area (Å²) < 4.78 is 150. The highest BCUT2D eigenvalue weighted by Crippen LogP contribution is 2.60. The molecule has 4 saturated carbocycles. The minimum absolute atomic E-state index is 0.193. The lowest BCUT2D eigenvalue weighted by Crippen LogP contribution is -2.64. The van der Waals surface area contributed by atoms with Crippen molar-refractivity contribution < 1.29 is 62.6 Å². The van der Waals surface area contributed by atoms with Gasteiger partial charge in [-0.2, -0.15) is 48.3 Å². The first-order chi connectivity index (χ1) is 13.7. The molecule has 1 atom stereocenters. The summed E-state index contributed by atoms with van der Waals surface area (Å²) in [5, 5.41) is 0. The van der Waals surface area contributed by atoms with Crippen LogP contribution < -0.4 is 0 Å². The monoisotopic (exact) mass is 478 g/mol. The van der Waals surface area contributed by atoms with Crippen LogP contribution in [-0.4, -0.2) is 41.8 Å². The average Bonchev–Trinajstić information content (AvgIpc) is 2.56. The predicted molar refractivity (Wildman–Crippen MR) is 78.5 cm³/mol. The van der Waals surface area contributed by atoms with Gasteiger partial charge in [-0.25, -0.2) is 4.79 Å². The maximum absolute atomic E-state index is 14.5. The lowest BCUT2D eigenvalue weighted by molar-refractivity contribution is -0.476. The number of alkyl halides is 11. The number of rotatable bonds is 5. The molecule has 14 heteroatoms. The van der Waals surface area contributed by atoms with Crippen LogP contribution in [0.1, 0.15) is 39.0 Å². The Labute approximate surface area is 168 Å².